The number of ether oxygens (including phenoxy) is 1. The largest absolute Gasteiger partial charge is 0.496 e. The van der Waals surface area contributed by atoms with Crippen LogP contribution in [0.1, 0.15) is 5.56 Å². The second kappa shape index (κ2) is 8.67. The zero-order valence-electron chi connectivity index (χ0n) is 14.5. The monoisotopic (exact) mass is 476 g/mol. The summed E-state index contributed by atoms with van der Waals surface area (Å²) in [5, 5.41) is 11.4. The topological polar surface area (TPSA) is 83.8 Å². The number of hydrogen-bond acceptors (Lipinski definition) is 5. The molecule has 1 aromatic heterocycles. The quantitative estimate of drug-likeness (QED) is 0.419. The average Bonchev–Trinajstić information content (AvgIpc) is 2.97. The fraction of sp³-hybridized carbons (Fsp3) is 0.111. The Bertz CT molecular complexity index is 1070. The molecule has 148 valence electrons. The molecule has 10 heteroatoms. The normalized spacial score (nSPS) is 12.8. The van der Waals surface area contributed by atoms with Crippen LogP contribution in [-0.4, -0.2) is 25.2 Å². The van der Waals surface area contributed by atoms with Gasteiger partial charge in [0.15, 0.2) is 0 Å². The van der Waals surface area contributed by atoms with E-state index >= 15 is 0 Å². The zero-order chi connectivity index (χ0) is 20.5. The highest BCUT2D eigenvalue weighted by atomic mass is 35.5. The van der Waals surface area contributed by atoms with Crippen LogP contribution in [0.4, 0.5) is 0 Å². The van der Waals surface area contributed by atoms with Crippen molar-refractivity contribution in [3.63, 3.8) is 0 Å². The van der Waals surface area contributed by atoms with Gasteiger partial charge in [0.05, 0.1) is 13.7 Å². The molecule has 0 radical (unpaired) electrons. The van der Waals surface area contributed by atoms with Crippen molar-refractivity contribution in [2.24, 2.45) is 0 Å². The van der Waals surface area contributed by atoms with Crippen LogP contribution in [0, 0.1) is 0 Å². The molecule has 1 atom stereocenters. The Morgan fingerprint density at radius 1 is 1.04 bits per heavy atom. The second-order valence-corrected chi connectivity index (χ2v) is 11.3. The van der Waals surface area contributed by atoms with E-state index in [2.05, 4.69) is 0 Å². The maximum absolute atomic E-state index is 12.1. The third-order valence-corrected chi connectivity index (χ3v) is 9.84. The standard InChI is InChI=1S/C18H15Cl2O5PS2/c1-25-12-7-3-5-9-14(12)26(13-8-4-2-6-11(13)10-21)15-16(28(22,23)24)18(20)27-17(15)19/h2-9,21H,10H2,1H3,(H,22,23,24). The van der Waals surface area contributed by atoms with Gasteiger partial charge in [-0.3, -0.25) is 4.55 Å². The molecule has 1 unspecified atom stereocenters. The molecular formula is C18H15Cl2O5PS2. The number of aliphatic hydroxyl groups is 1. The maximum Gasteiger partial charge on any atom is 0.297 e. The van der Waals surface area contributed by atoms with Gasteiger partial charge in [-0.2, -0.15) is 8.42 Å². The Morgan fingerprint density at radius 2 is 1.64 bits per heavy atom. The maximum atomic E-state index is 12.1. The summed E-state index contributed by atoms with van der Waals surface area (Å²) < 4.78 is 39.6. The van der Waals surface area contributed by atoms with Crippen molar-refractivity contribution in [1.29, 1.82) is 0 Å². The van der Waals surface area contributed by atoms with Gasteiger partial charge in [-0.15, -0.1) is 11.3 Å². The minimum atomic E-state index is -4.64. The van der Waals surface area contributed by atoms with Crippen LogP contribution < -0.4 is 20.7 Å². The van der Waals surface area contributed by atoms with E-state index in [0.717, 1.165) is 11.3 Å². The van der Waals surface area contributed by atoms with E-state index in [1.807, 2.05) is 0 Å². The molecule has 0 saturated carbocycles. The lowest BCUT2D eigenvalue weighted by Crippen LogP contribution is -2.27. The highest BCUT2D eigenvalue weighted by Crippen LogP contribution is 2.46. The molecule has 0 amide bonds. The molecule has 3 rings (SSSR count). The predicted octanol–water partition coefficient (Wildman–Crippen LogP) is 3.56. The lowest BCUT2D eigenvalue weighted by Gasteiger charge is -2.23. The van der Waals surface area contributed by atoms with Crippen LogP contribution in [0.25, 0.3) is 0 Å². The van der Waals surface area contributed by atoms with Crippen molar-refractivity contribution < 1.29 is 22.8 Å². The third kappa shape index (κ3) is 4.07. The average molecular weight is 477 g/mol. The minimum absolute atomic E-state index is 0.119. The van der Waals surface area contributed by atoms with E-state index in [-0.39, 0.29) is 20.6 Å². The van der Waals surface area contributed by atoms with Gasteiger partial charge >= 0.3 is 0 Å². The fourth-order valence-corrected chi connectivity index (χ4v) is 9.49. The molecule has 0 bridgehead atoms. The van der Waals surface area contributed by atoms with Crippen LogP contribution in [0.2, 0.25) is 8.67 Å². The molecular weight excluding hydrogens is 462 g/mol. The first-order valence-electron chi connectivity index (χ1n) is 7.86. The molecule has 0 fully saturated rings. The van der Waals surface area contributed by atoms with Crippen molar-refractivity contribution in [1.82, 2.24) is 0 Å². The predicted molar refractivity (Wildman–Crippen MR) is 115 cm³/mol. The molecule has 0 aliphatic rings. The van der Waals surface area contributed by atoms with Crippen molar-refractivity contribution in [2.45, 2.75) is 11.5 Å². The first kappa shape index (κ1) is 21.5. The lowest BCUT2D eigenvalue weighted by molar-refractivity contribution is 0.283. The minimum Gasteiger partial charge on any atom is -0.496 e. The van der Waals surface area contributed by atoms with Crippen molar-refractivity contribution in [3.8, 4) is 5.75 Å². The van der Waals surface area contributed by atoms with Crippen LogP contribution in [0.5, 0.6) is 5.75 Å². The Morgan fingerprint density at radius 3 is 2.25 bits per heavy atom. The van der Waals surface area contributed by atoms with Crippen molar-refractivity contribution >= 4 is 68.5 Å². The molecule has 0 saturated heterocycles. The third-order valence-electron chi connectivity index (χ3n) is 3.97. The number of halogens is 2. The highest BCUT2D eigenvalue weighted by Gasteiger charge is 2.34. The number of hydrogen-bond donors (Lipinski definition) is 2. The number of rotatable bonds is 6. The summed E-state index contributed by atoms with van der Waals surface area (Å²) in [5.41, 5.74) is 0.610. The van der Waals surface area contributed by atoms with E-state index in [1.165, 1.54) is 7.11 Å². The summed E-state index contributed by atoms with van der Waals surface area (Å²) >= 11 is 13.4. The summed E-state index contributed by atoms with van der Waals surface area (Å²) in [4.78, 5) is -0.408. The van der Waals surface area contributed by atoms with Crippen molar-refractivity contribution in [2.75, 3.05) is 7.11 Å². The Labute approximate surface area is 178 Å². The van der Waals surface area contributed by atoms with Crippen molar-refractivity contribution in [3.05, 3.63) is 62.8 Å². The van der Waals surface area contributed by atoms with E-state index in [1.54, 1.807) is 48.5 Å². The van der Waals surface area contributed by atoms with E-state index in [0.29, 0.717) is 21.9 Å². The van der Waals surface area contributed by atoms with Gasteiger partial charge < -0.3 is 9.84 Å². The second-order valence-electron chi connectivity index (χ2n) is 5.60. The summed E-state index contributed by atoms with van der Waals surface area (Å²) in [5.74, 6) is 0.529. The number of benzene rings is 2. The van der Waals surface area contributed by atoms with Crippen LogP contribution >= 0.6 is 42.5 Å². The van der Waals surface area contributed by atoms with Gasteiger partial charge in [0.25, 0.3) is 10.1 Å². The Kier molecular flexibility index (Phi) is 6.67. The zero-order valence-corrected chi connectivity index (χ0v) is 18.5. The Balaban J connectivity index is 2.44. The molecule has 0 aliphatic carbocycles. The highest BCUT2D eigenvalue weighted by molar-refractivity contribution is 7.88. The number of thiophene rings is 1. The number of methoxy groups -OCH3 is 1. The first-order valence-corrected chi connectivity index (χ1v) is 12.2. The molecule has 3 aromatic rings. The van der Waals surface area contributed by atoms with E-state index in [9.17, 15) is 18.1 Å². The van der Waals surface area contributed by atoms with Crippen LogP contribution in [0.15, 0.2) is 53.4 Å². The summed E-state index contributed by atoms with van der Waals surface area (Å²) in [6.07, 6.45) is 0. The van der Waals surface area contributed by atoms with Gasteiger partial charge in [0, 0.05) is 10.6 Å². The molecule has 2 aromatic carbocycles. The number of aliphatic hydroxyl groups excluding tert-OH is 1. The van der Waals surface area contributed by atoms with Gasteiger partial charge in [0.1, 0.15) is 19.3 Å². The fourth-order valence-electron chi connectivity index (χ4n) is 2.82. The van der Waals surface area contributed by atoms with Gasteiger partial charge in [-0.25, -0.2) is 0 Å². The summed E-state index contributed by atoms with van der Waals surface area (Å²) in [6, 6.07) is 14.2. The van der Waals surface area contributed by atoms with Crippen LogP contribution in [-0.2, 0) is 16.7 Å². The molecule has 0 aliphatic heterocycles. The van der Waals surface area contributed by atoms with Gasteiger partial charge in [0.2, 0.25) is 0 Å². The van der Waals surface area contributed by atoms with E-state index < -0.39 is 22.9 Å². The molecule has 1 heterocycles. The molecule has 2 N–H and O–H groups in total. The lowest BCUT2D eigenvalue weighted by atomic mass is 10.2. The Hall–Kier alpha value is -1.18. The SMILES string of the molecule is COc1ccccc1P(c1ccccc1CO)c1c(Cl)sc(Cl)c1S(=O)(=O)O. The molecule has 5 nitrogen and oxygen atoms in total. The van der Waals surface area contributed by atoms with Crippen LogP contribution in [0.3, 0.4) is 0 Å². The number of para-hydroxylation sites is 1. The van der Waals surface area contributed by atoms with E-state index in [4.69, 9.17) is 27.9 Å². The van der Waals surface area contributed by atoms with Gasteiger partial charge in [-0.1, -0.05) is 65.7 Å². The van der Waals surface area contributed by atoms with Gasteiger partial charge in [-0.05, 0) is 24.9 Å². The molecule has 28 heavy (non-hydrogen) atoms. The summed E-state index contributed by atoms with van der Waals surface area (Å²) in [7, 11) is -4.74. The molecule has 0 spiro atoms. The first-order chi connectivity index (χ1) is 13.3. The smallest absolute Gasteiger partial charge is 0.297 e. The summed E-state index contributed by atoms with van der Waals surface area (Å²) in [6.45, 7) is -0.249.